The van der Waals surface area contributed by atoms with Gasteiger partial charge in [0.15, 0.2) is 0 Å². The molecule has 1 aliphatic heterocycles. The van der Waals surface area contributed by atoms with Gasteiger partial charge >= 0.3 is 5.97 Å². The second-order valence-electron chi connectivity index (χ2n) is 2.67. The predicted octanol–water partition coefficient (Wildman–Crippen LogP) is 0.445. The van der Waals surface area contributed by atoms with Crippen molar-refractivity contribution in [1.29, 1.82) is 0 Å². The van der Waals surface area contributed by atoms with Crippen LogP contribution < -0.4 is 0 Å². The van der Waals surface area contributed by atoms with Crippen LogP contribution >= 0.6 is 0 Å². The van der Waals surface area contributed by atoms with E-state index in [1.54, 1.807) is 12.0 Å². The summed E-state index contributed by atoms with van der Waals surface area (Å²) in [7, 11) is 5.63. The van der Waals surface area contributed by atoms with Gasteiger partial charge in [0.1, 0.15) is 0 Å². The van der Waals surface area contributed by atoms with Crippen LogP contribution in [0.2, 0.25) is 0 Å². The molecule has 0 saturated carbocycles. The normalized spacial score (nSPS) is 25.4. The van der Waals surface area contributed by atoms with E-state index in [1.165, 1.54) is 0 Å². The van der Waals surface area contributed by atoms with Gasteiger partial charge in [-0.25, -0.2) is 0 Å². The van der Waals surface area contributed by atoms with Crippen LogP contribution in [0.4, 0.5) is 0 Å². The number of nitrogens with zero attached hydrogens (tertiary/aromatic N) is 1. The third kappa shape index (κ3) is 2.22. The maximum atomic E-state index is 10.8. The lowest BCUT2D eigenvalue weighted by Crippen LogP contribution is -2.32. The highest BCUT2D eigenvalue weighted by Gasteiger charge is 2.22. The molecule has 0 aliphatic carbocycles. The molecule has 0 aromatic heterocycles. The molecular formula is C7H12BNO2. The van der Waals surface area contributed by atoms with Crippen molar-refractivity contribution in [3.05, 3.63) is 0 Å². The van der Waals surface area contributed by atoms with Crippen molar-refractivity contribution in [2.24, 2.45) is 0 Å². The summed E-state index contributed by atoms with van der Waals surface area (Å²) >= 11 is 0. The van der Waals surface area contributed by atoms with Crippen molar-refractivity contribution in [3.63, 3.8) is 0 Å². The van der Waals surface area contributed by atoms with Gasteiger partial charge in [0.25, 0.3) is 0 Å². The second kappa shape index (κ2) is 3.76. The molecule has 0 aromatic carbocycles. The van der Waals surface area contributed by atoms with E-state index in [4.69, 9.17) is 12.7 Å². The topological polar surface area (TPSA) is 29.5 Å². The number of carbonyl (C=O) groups is 1. The molecule has 1 heterocycles. The molecule has 0 amide bonds. The van der Waals surface area contributed by atoms with Crippen LogP contribution in [0, 0.1) is 0 Å². The van der Waals surface area contributed by atoms with Gasteiger partial charge in [0, 0.05) is 18.9 Å². The van der Waals surface area contributed by atoms with Crippen LogP contribution in [-0.2, 0) is 9.63 Å². The van der Waals surface area contributed by atoms with Crippen molar-refractivity contribution in [2.45, 2.75) is 32.1 Å². The maximum absolute atomic E-state index is 10.8. The number of hydrogen-bond donors (Lipinski definition) is 0. The van der Waals surface area contributed by atoms with Gasteiger partial charge in [0.05, 0.1) is 7.85 Å². The van der Waals surface area contributed by atoms with E-state index in [0.29, 0.717) is 6.42 Å². The minimum absolute atomic E-state index is 0.0921. The van der Waals surface area contributed by atoms with Crippen molar-refractivity contribution in [1.82, 2.24) is 5.06 Å². The van der Waals surface area contributed by atoms with Crippen LogP contribution in [0.3, 0.4) is 0 Å². The lowest BCUT2D eigenvalue weighted by molar-refractivity contribution is -0.188. The van der Waals surface area contributed by atoms with Crippen LogP contribution in [-0.4, -0.2) is 31.4 Å². The average molecular weight is 153 g/mol. The molecule has 3 nitrogen and oxygen atoms in total. The highest BCUT2D eigenvalue weighted by atomic mass is 16.7. The number of rotatable bonds is 2. The standard InChI is InChI=1S/C7H12BNO2/c1-2-7(10)11-9-5-3-4-6(9)8/h6H,2-5H2,1H3. The van der Waals surface area contributed by atoms with Crippen molar-refractivity contribution in [3.8, 4) is 0 Å². The smallest absolute Gasteiger partial charge is 0.324 e. The molecular weight excluding hydrogens is 141 g/mol. The summed E-state index contributed by atoms with van der Waals surface area (Å²) < 4.78 is 0. The zero-order valence-corrected chi connectivity index (χ0v) is 6.75. The molecule has 4 heteroatoms. The fourth-order valence-corrected chi connectivity index (χ4v) is 1.07. The fourth-order valence-electron chi connectivity index (χ4n) is 1.07. The monoisotopic (exact) mass is 153 g/mol. The molecule has 1 atom stereocenters. The van der Waals surface area contributed by atoms with Crippen molar-refractivity contribution in [2.75, 3.05) is 6.54 Å². The molecule has 0 aromatic rings. The summed E-state index contributed by atoms with van der Waals surface area (Å²) in [5, 5.41) is 1.56. The van der Waals surface area contributed by atoms with Gasteiger partial charge in [-0.1, -0.05) is 6.92 Å². The highest BCUT2D eigenvalue weighted by molar-refractivity contribution is 6.11. The molecule has 1 aliphatic rings. The Kier molecular flexibility index (Phi) is 2.94. The molecule has 1 unspecified atom stereocenters. The Morgan fingerprint density at radius 1 is 1.82 bits per heavy atom. The molecule has 0 N–H and O–H groups in total. The summed E-state index contributed by atoms with van der Waals surface area (Å²) in [6, 6.07) is 0. The average Bonchev–Trinajstić information content (AvgIpc) is 2.37. The Labute approximate surface area is 68.1 Å². The summed E-state index contributed by atoms with van der Waals surface area (Å²) in [6.45, 7) is 2.54. The Balaban J connectivity index is 2.30. The molecule has 11 heavy (non-hydrogen) atoms. The number of hydrogen-bond acceptors (Lipinski definition) is 3. The van der Waals surface area contributed by atoms with Crippen molar-refractivity contribution >= 4 is 13.8 Å². The molecule has 1 rings (SSSR count). The molecule has 1 fully saturated rings. The third-order valence-electron chi connectivity index (χ3n) is 1.76. The van der Waals surface area contributed by atoms with Crippen LogP contribution in [0.5, 0.6) is 0 Å². The molecule has 60 valence electrons. The Morgan fingerprint density at radius 3 is 3.00 bits per heavy atom. The summed E-state index contributed by atoms with van der Waals surface area (Å²) in [6.07, 6.45) is 2.33. The van der Waals surface area contributed by atoms with Gasteiger partial charge in [0.2, 0.25) is 0 Å². The summed E-state index contributed by atoms with van der Waals surface area (Å²) in [4.78, 5) is 15.7. The SMILES string of the molecule is [B]C1CCCN1OC(=O)CC. The van der Waals surface area contributed by atoms with E-state index in [9.17, 15) is 4.79 Å². The second-order valence-corrected chi connectivity index (χ2v) is 2.67. The lowest BCUT2D eigenvalue weighted by atomic mass is 9.95. The van der Waals surface area contributed by atoms with E-state index < -0.39 is 0 Å². The van der Waals surface area contributed by atoms with E-state index in [2.05, 4.69) is 0 Å². The van der Waals surface area contributed by atoms with Gasteiger partial charge in [-0.3, -0.25) is 4.79 Å². The van der Waals surface area contributed by atoms with E-state index in [1.807, 2.05) is 0 Å². The van der Waals surface area contributed by atoms with Gasteiger partial charge < -0.3 is 4.84 Å². The van der Waals surface area contributed by atoms with Crippen LogP contribution in [0.1, 0.15) is 26.2 Å². The fraction of sp³-hybridized carbons (Fsp3) is 0.857. The Hall–Kier alpha value is -0.505. The Bertz CT molecular complexity index is 151. The van der Waals surface area contributed by atoms with Gasteiger partial charge in [-0.2, -0.15) is 0 Å². The minimum atomic E-state index is -0.206. The first kappa shape index (κ1) is 8.59. The van der Waals surface area contributed by atoms with Crippen molar-refractivity contribution < 1.29 is 9.63 Å². The largest absolute Gasteiger partial charge is 0.368 e. The maximum Gasteiger partial charge on any atom is 0.324 e. The van der Waals surface area contributed by atoms with Gasteiger partial charge in [-0.05, 0) is 12.8 Å². The van der Waals surface area contributed by atoms with E-state index in [0.717, 1.165) is 19.4 Å². The lowest BCUT2D eigenvalue weighted by Gasteiger charge is -2.19. The quantitative estimate of drug-likeness (QED) is 0.539. The zero-order valence-electron chi connectivity index (χ0n) is 6.75. The summed E-state index contributed by atoms with van der Waals surface area (Å²) in [5.41, 5.74) is 0. The van der Waals surface area contributed by atoms with Crippen LogP contribution in [0.15, 0.2) is 0 Å². The molecule has 2 radical (unpaired) electrons. The molecule has 0 spiro atoms. The first-order chi connectivity index (χ1) is 5.24. The number of hydroxylamine groups is 2. The van der Waals surface area contributed by atoms with E-state index in [-0.39, 0.29) is 11.9 Å². The highest BCUT2D eigenvalue weighted by Crippen LogP contribution is 2.14. The summed E-state index contributed by atoms with van der Waals surface area (Å²) in [5.74, 6) is -0.298. The molecule has 0 bridgehead atoms. The van der Waals surface area contributed by atoms with Gasteiger partial charge in [-0.15, -0.1) is 5.06 Å². The van der Waals surface area contributed by atoms with E-state index >= 15 is 0 Å². The minimum Gasteiger partial charge on any atom is -0.368 e. The molecule has 1 saturated heterocycles. The first-order valence-corrected chi connectivity index (χ1v) is 3.97. The number of carbonyl (C=O) groups excluding carboxylic acids is 1. The Morgan fingerprint density at radius 2 is 2.55 bits per heavy atom. The zero-order chi connectivity index (χ0) is 8.27. The first-order valence-electron chi connectivity index (χ1n) is 3.97. The third-order valence-corrected chi connectivity index (χ3v) is 1.76. The predicted molar refractivity (Wildman–Crippen MR) is 41.9 cm³/mol. The van der Waals surface area contributed by atoms with Crippen LogP contribution in [0.25, 0.3) is 0 Å².